The van der Waals surface area contributed by atoms with Gasteiger partial charge in [0.1, 0.15) is 11.5 Å². The minimum atomic E-state index is 0.437. The van der Waals surface area contributed by atoms with Crippen LogP contribution in [-0.4, -0.2) is 67.3 Å². The lowest BCUT2D eigenvalue weighted by atomic mass is 9.69. The highest BCUT2D eigenvalue weighted by molar-refractivity contribution is 5.44. The van der Waals surface area contributed by atoms with Gasteiger partial charge >= 0.3 is 0 Å². The summed E-state index contributed by atoms with van der Waals surface area (Å²) in [6, 6.07) is 0. The Morgan fingerprint density at radius 2 is 1.89 bits per heavy atom. The van der Waals surface area contributed by atoms with Crippen molar-refractivity contribution in [2.24, 2.45) is 30.7 Å². The first-order chi connectivity index (χ1) is 17.0. The van der Waals surface area contributed by atoms with Crippen molar-refractivity contribution in [1.29, 1.82) is 0 Å². The lowest BCUT2D eigenvalue weighted by Gasteiger charge is -2.41. The molecule has 0 N–H and O–H groups in total. The largest absolute Gasteiger partial charge is 0.419 e. The third kappa shape index (κ3) is 5.29. The standard InChI is InChI=1S/C26H36N8O/c1-18(2)22-12-20(13-25-30-31-26(35-25)23-14-28-17-32(23)4)19(3)11-21(22)16-33-7-9-34(10-8-33)24-15-27-5-6-29-24/h5-6,11,14-15,17-18,20-22H,7-10,12-13,16H2,1-4H3/t20-,21-,22-/m0/s1. The lowest BCUT2D eigenvalue weighted by molar-refractivity contribution is 0.155. The Balaban J connectivity index is 1.22. The summed E-state index contributed by atoms with van der Waals surface area (Å²) in [5.74, 6) is 4.50. The Morgan fingerprint density at radius 1 is 1.06 bits per heavy atom. The zero-order chi connectivity index (χ0) is 24.4. The fraction of sp³-hybridized carbons (Fsp3) is 0.577. The zero-order valence-electron chi connectivity index (χ0n) is 21.2. The predicted octanol–water partition coefficient (Wildman–Crippen LogP) is 3.48. The molecule has 186 valence electrons. The van der Waals surface area contributed by atoms with Crippen LogP contribution >= 0.6 is 0 Å². The second kappa shape index (κ2) is 10.3. The molecular formula is C26H36N8O. The van der Waals surface area contributed by atoms with Crippen molar-refractivity contribution in [3.8, 4) is 11.6 Å². The van der Waals surface area contributed by atoms with E-state index in [1.54, 1.807) is 24.9 Å². The Bertz CT molecular complexity index is 1130. The van der Waals surface area contributed by atoms with E-state index in [9.17, 15) is 0 Å². The van der Waals surface area contributed by atoms with Crippen LogP contribution in [0.3, 0.4) is 0 Å². The van der Waals surface area contributed by atoms with Gasteiger partial charge in [-0.15, -0.1) is 10.2 Å². The molecule has 0 unspecified atom stereocenters. The van der Waals surface area contributed by atoms with Crippen molar-refractivity contribution in [2.45, 2.75) is 33.6 Å². The zero-order valence-corrected chi connectivity index (χ0v) is 21.2. The molecule has 3 aromatic heterocycles. The Hall–Kier alpha value is -3.07. The minimum absolute atomic E-state index is 0.437. The van der Waals surface area contributed by atoms with Crippen molar-refractivity contribution in [3.05, 3.63) is 48.7 Å². The summed E-state index contributed by atoms with van der Waals surface area (Å²) < 4.78 is 7.92. The van der Waals surface area contributed by atoms with E-state index in [4.69, 9.17) is 4.42 Å². The van der Waals surface area contributed by atoms with Gasteiger partial charge in [0.25, 0.3) is 5.89 Å². The molecule has 4 heterocycles. The van der Waals surface area contributed by atoms with Gasteiger partial charge in [-0.2, -0.15) is 0 Å². The molecule has 1 aliphatic heterocycles. The molecule has 0 aromatic carbocycles. The lowest BCUT2D eigenvalue weighted by Crippen LogP contribution is -2.49. The van der Waals surface area contributed by atoms with Gasteiger partial charge in [-0.1, -0.05) is 25.5 Å². The Kier molecular flexibility index (Phi) is 6.95. The van der Waals surface area contributed by atoms with Crippen molar-refractivity contribution in [2.75, 3.05) is 37.6 Å². The summed E-state index contributed by atoms with van der Waals surface area (Å²) in [4.78, 5) is 17.8. The number of allylic oxidation sites excluding steroid dienone is 1. The number of imidazole rings is 1. The molecule has 3 atom stereocenters. The van der Waals surface area contributed by atoms with Gasteiger partial charge in [-0.05, 0) is 37.0 Å². The summed E-state index contributed by atoms with van der Waals surface area (Å²) in [6.45, 7) is 12.2. The predicted molar refractivity (Wildman–Crippen MR) is 135 cm³/mol. The summed E-state index contributed by atoms with van der Waals surface area (Å²) in [7, 11) is 1.93. The summed E-state index contributed by atoms with van der Waals surface area (Å²) in [5.41, 5.74) is 2.30. The van der Waals surface area contributed by atoms with E-state index in [1.165, 1.54) is 5.57 Å². The molecule has 9 nitrogen and oxygen atoms in total. The van der Waals surface area contributed by atoms with Crippen LogP contribution < -0.4 is 4.90 Å². The third-order valence-corrected chi connectivity index (χ3v) is 7.72. The van der Waals surface area contributed by atoms with Crippen LogP contribution in [0.25, 0.3) is 11.6 Å². The van der Waals surface area contributed by atoms with Crippen LogP contribution in [0.5, 0.6) is 0 Å². The average Bonchev–Trinajstić information content (AvgIpc) is 3.50. The van der Waals surface area contributed by atoms with Crippen molar-refractivity contribution in [3.63, 3.8) is 0 Å². The van der Waals surface area contributed by atoms with E-state index in [0.717, 1.165) is 57.1 Å². The molecule has 0 bridgehead atoms. The highest BCUT2D eigenvalue weighted by Gasteiger charge is 2.34. The molecule has 1 fully saturated rings. The summed E-state index contributed by atoms with van der Waals surface area (Å²) in [6.07, 6.45) is 13.4. The maximum absolute atomic E-state index is 6.02. The third-order valence-electron chi connectivity index (χ3n) is 7.72. The molecule has 9 heteroatoms. The van der Waals surface area contributed by atoms with Crippen LogP contribution in [0, 0.1) is 23.7 Å². The van der Waals surface area contributed by atoms with E-state index in [-0.39, 0.29) is 0 Å². The highest BCUT2D eigenvalue weighted by atomic mass is 16.4. The van der Waals surface area contributed by atoms with Gasteiger partial charge in [0.05, 0.1) is 18.7 Å². The number of rotatable bonds is 7. The van der Waals surface area contributed by atoms with Crippen LogP contribution in [0.2, 0.25) is 0 Å². The van der Waals surface area contributed by atoms with Gasteiger partial charge in [-0.25, -0.2) is 9.97 Å². The van der Waals surface area contributed by atoms with Crippen molar-refractivity contribution in [1.82, 2.24) is 34.6 Å². The quantitative estimate of drug-likeness (QED) is 0.479. The SMILES string of the molecule is CC1=C[C@@H](CN2CCN(c3cnccn3)CC2)[C@H](C(C)C)C[C@H]1Cc1nnc(-c2cncn2C)o1. The molecule has 0 amide bonds. The molecule has 3 aromatic rings. The smallest absolute Gasteiger partial charge is 0.265 e. The minimum Gasteiger partial charge on any atom is -0.419 e. The van der Waals surface area contributed by atoms with Crippen LogP contribution in [0.15, 0.2) is 47.2 Å². The van der Waals surface area contributed by atoms with Gasteiger partial charge < -0.3 is 13.9 Å². The molecule has 2 aliphatic rings. The number of aromatic nitrogens is 6. The summed E-state index contributed by atoms with van der Waals surface area (Å²) in [5, 5.41) is 8.62. The Morgan fingerprint density at radius 3 is 2.57 bits per heavy atom. The first kappa shape index (κ1) is 23.7. The van der Waals surface area contributed by atoms with Crippen LogP contribution in [0.1, 0.15) is 33.1 Å². The molecule has 5 rings (SSSR count). The number of piperazine rings is 1. The summed E-state index contributed by atoms with van der Waals surface area (Å²) >= 11 is 0. The van der Waals surface area contributed by atoms with Gasteiger partial charge in [0.15, 0.2) is 0 Å². The van der Waals surface area contributed by atoms with E-state index < -0.39 is 0 Å². The van der Waals surface area contributed by atoms with E-state index in [0.29, 0.717) is 35.5 Å². The fourth-order valence-corrected chi connectivity index (χ4v) is 5.61. The first-order valence-corrected chi connectivity index (χ1v) is 12.7. The molecule has 0 spiro atoms. The molecule has 0 radical (unpaired) electrons. The molecule has 1 saturated heterocycles. The molecular weight excluding hydrogens is 440 g/mol. The fourth-order valence-electron chi connectivity index (χ4n) is 5.61. The second-order valence-electron chi connectivity index (χ2n) is 10.4. The molecule has 0 saturated carbocycles. The van der Waals surface area contributed by atoms with Crippen LogP contribution in [-0.2, 0) is 13.5 Å². The van der Waals surface area contributed by atoms with Crippen molar-refractivity contribution < 1.29 is 4.42 Å². The normalized spacial score (nSPS) is 23.6. The first-order valence-electron chi connectivity index (χ1n) is 12.7. The Labute approximate surface area is 207 Å². The maximum Gasteiger partial charge on any atom is 0.265 e. The van der Waals surface area contributed by atoms with E-state index >= 15 is 0 Å². The highest BCUT2D eigenvalue weighted by Crippen LogP contribution is 2.39. The van der Waals surface area contributed by atoms with Crippen molar-refractivity contribution >= 4 is 5.82 Å². The van der Waals surface area contributed by atoms with Gasteiger partial charge in [-0.3, -0.25) is 9.88 Å². The van der Waals surface area contributed by atoms with E-state index in [1.807, 2.05) is 17.8 Å². The maximum atomic E-state index is 6.02. The topological polar surface area (TPSA) is 89.0 Å². The number of nitrogens with zero attached hydrogens (tertiary/aromatic N) is 8. The van der Waals surface area contributed by atoms with Gasteiger partial charge in [0, 0.05) is 58.6 Å². The average molecular weight is 477 g/mol. The molecule has 1 aliphatic carbocycles. The second-order valence-corrected chi connectivity index (χ2v) is 10.4. The van der Waals surface area contributed by atoms with Gasteiger partial charge in [0.2, 0.25) is 5.89 Å². The number of hydrogen-bond acceptors (Lipinski definition) is 8. The van der Waals surface area contributed by atoms with Crippen LogP contribution in [0.4, 0.5) is 5.82 Å². The number of hydrogen-bond donors (Lipinski definition) is 0. The number of aryl methyl sites for hydroxylation is 1. The monoisotopic (exact) mass is 476 g/mol. The number of anilines is 1. The molecule has 35 heavy (non-hydrogen) atoms. The van der Waals surface area contributed by atoms with E-state index in [2.05, 4.69) is 61.8 Å².